The van der Waals surface area contributed by atoms with E-state index in [4.69, 9.17) is 9.66 Å². The number of aliphatic hydroxyl groups is 1. The van der Waals surface area contributed by atoms with E-state index in [1.807, 2.05) is 40.4 Å². The molecule has 0 atom stereocenters. The zero-order valence-electron chi connectivity index (χ0n) is 16.8. The molecule has 11 heteroatoms. The third-order valence-electron chi connectivity index (χ3n) is 4.57. The highest BCUT2D eigenvalue weighted by Gasteiger charge is 2.15. The number of rotatable bonds is 9. The van der Waals surface area contributed by atoms with Crippen LogP contribution in [0.15, 0.2) is 60.0 Å². The van der Waals surface area contributed by atoms with Crippen LogP contribution in [-0.2, 0) is 16.8 Å². The zero-order chi connectivity index (χ0) is 22.6. The van der Waals surface area contributed by atoms with E-state index >= 15 is 0 Å². The number of hydrogen-bond acceptors (Lipinski definition) is 8. The van der Waals surface area contributed by atoms with E-state index in [1.165, 1.54) is 11.3 Å². The summed E-state index contributed by atoms with van der Waals surface area (Å²) in [5.74, 6) is 1.07. The summed E-state index contributed by atoms with van der Waals surface area (Å²) >= 11 is 1.52. The maximum absolute atomic E-state index is 10.9. The predicted octanol–water partition coefficient (Wildman–Crippen LogP) is 3.59. The molecule has 2 aromatic carbocycles. The minimum Gasteiger partial charge on any atom is -0.395 e. The van der Waals surface area contributed by atoms with Gasteiger partial charge < -0.3 is 15.7 Å². The molecule has 0 aliphatic rings. The number of fused-ring (bicyclic) bond motifs is 1. The van der Waals surface area contributed by atoms with Crippen LogP contribution in [0, 0.1) is 0 Å². The summed E-state index contributed by atoms with van der Waals surface area (Å²) in [5, 5.41) is 18.4. The van der Waals surface area contributed by atoms with Crippen LogP contribution in [0.2, 0.25) is 0 Å². The lowest BCUT2D eigenvalue weighted by molar-refractivity contribution is 0.311. The molecule has 0 saturated heterocycles. The van der Waals surface area contributed by atoms with E-state index < -0.39 is 10.3 Å². The van der Waals surface area contributed by atoms with Crippen LogP contribution < -0.4 is 15.4 Å². The molecule has 0 aliphatic carbocycles. The van der Waals surface area contributed by atoms with Gasteiger partial charge in [-0.2, -0.15) is 13.4 Å². The molecule has 0 spiro atoms. The summed E-state index contributed by atoms with van der Waals surface area (Å²) in [7, 11) is -4.31. The second kappa shape index (κ2) is 9.49. The topological polar surface area (TPSA) is 136 Å². The molecule has 32 heavy (non-hydrogen) atoms. The molecule has 4 aromatic rings. The molecular weight excluding hydrogens is 450 g/mol. The van der Waals surface area contributed by atoms with Crippen LogP contribution in [0.3, 0.4) is 0 Å². The standard InChI is InChI=1S/C21H21N5O4S2/c27-11-10-22-21-24-19(23-12-14-6-8-16(9-7-14)26-32(28,29)30)18-17(13-31-20(18)25-21)15-4-2-1-3-5-15/h1-9,13,26-27H,10-12H2,(H,28,29,30)(H2,22,23,24,25). The fraction of sp³-hybridized carbons (Fsp3) is 0.143. The largest absolute Gasteiger partial charge is 0.395 e. The molecular formula is C21H21N5O4S2. The highest BCUT2D eigenvalue weighted by Crippen LogP contribution is 2.37. The van der Waals surface area contributed by atoms with E-state index in [2.05, 4.69) is 20.6 Å². The first-order valence-electron chi connectivity index (χ1n) is 9.70. The smallest absolute Gasteiger partial charge is 0.357 e. The van der Waals surface area contributed by atoms with Gasteiger partial charge in [-0.3, -0.25) is 9.27 Å². The molecule has 0 bridgehead atoms. The highest BCUT2D eigenvalue weighted by molar-refractivity contribution is 7.87. The minimum atomic E-state index is -4.31. The average molecular weight is 472 g/mol. The number of thiophene rings is 1. The molecule has 0 fully saturated rings. The molecule has 9 nitrogen and oxygen atoms in total. The lowest BCUT2D eigenvalue weighted by atomic mass is 10.1. The van der Waals surface area contributed by atoms with Gasteiger partial charge in [0, 0.05) is 24.0 Å². The first-order valence-corrected chi connectivity index (χ1v) is 12.0. The number of aromatic nitrogens is 2. The van der Waals surface area contributed by atoms with Crippen LogP contribution >= 0.6 is 11.3 Å². The molecule has 5 N–H and O–H groups in total. The Labute approximate surface area is 189 Å². The van der Waals surface area contributed by atoms with Crippen molar-refractivity contribution in [1.82, 2.24) is 9.97 Å². The monoisotopic (exact) mass is 471 g/mol. The second-order valence-corrected chi connectivity index (χ2v) is 8.88. The van der Waals surface area contributed by atoms with Gasteiger partial charge in [0.05, 0.1) is 17.7 Å². The highest BCUT2D eigenvalue weighted by atomic mass is 32.2. The molecule has 0 saturated carbocycles. The lowest BCUT2D eigenvalue weighted by Crippen LogP contribution is -2.11. The predicted molar refractivity (Wildman–Crippen MR) is 127 cm³/mol. The molecule has 0 unspecified atom stereocenters. The lowest BCUT2D eigenvalue weighted by Gasteiger charge is -2.12. The van der Waals surface area contributed by atoms with Crippen molar-refractivity contribution in [2.45, 2.75) is 6.54 Å². The minimum absolute atomic E-state index is 0.0339. The summed E-state index contributed by atoms with van der Waals surface area (Å²) in [4.78, 5) is 10.0. The van der Waals surface area contributed by atoms with Crippen molar-refractivity contribution in [1.29, 1.82) is 0 Å². The number of nitrogens with one attached hydrogen (secondary N) is 3. The van der Waals surface area contributed by atoms with Crippen LogP contribution in [0.1, 0.15) is 5.56 Å². The molecule has 0 amide bonds. The van der Waals surface area contributed by atoms with Crippen LogP contribution in [0.5, 0.6) is 0 Å². The van der Waals surface area contributed by atoms with E-state index in [0.717, 1.165) is 26.9 Å². The van der Waals surface area contributed by atoms with Crippen molar-refractivity contribution in [3.63, 3.8) is 0 Å². The van der Waals surface area contributed by atoms with E-state index in [1.54, 1.807) is 24.3 Å². The van der Waals surface area contributed by atoms with Crippen molar-refractivity contribution in [2.75, 3.05) is 28.5 Å². The second-order valence-electron chi connectivity index (χ2n) is 6.87. The van der Waals surface area contributed by atoms with Crippen LogP contribution in [0.4, 0.5) is 17.5 Å². The Morgan fingerprint density at radius 1 is 0.969 bits per heavy atom. The van der Waals surface area contributed by atoms with Gasteiger partial charge in [0.2, 0.25) is 5.95 Å². The van der Waals surface area contributed by atoms with E-state index in [9.17, 15) is 8.42 Å². The van der Waals surface area contributed by atoms with Crippen molar-refractivity contribution in [3.8, 4) is 11.1 Å². The Balaban J connectivity index is 1.64. The first-order chi connectivity index (χ1) is 15.4. The quantitative estimate of drug-likeness (QED) is 0.234. The molecule has 4 rings (SSSR count). The number of anilines is 3. The zero-order valence-corrected chi connectivity index (χ0v) is 18.4. The van der Waals surface area contributed by atoms with Gasteiger partial charge in [0.15, 0.2) is 0 Å². The third-order valence-corrected chi connectivity index (χ3v) is 5.94. The van der Waals surface area contributed by atoms with Gasteiger partial charge in [-0.05, 0) is 23.3 Å². The van der Waals surface area contributed by atoms with Crippen molar-refractivity contribution in [2.24, 2.45) is 0 Å². The Morgan fingerprint density at radius 2 is 1.72 bits per heavy atom. The van der Waals surface area contributed by atoms with Gasteiger partial charge >= 0.3 is 10.3 Å². The van der Waals surface area contributed by atoms with Gasteiger partial charge in [-0.25, -0.2) is 4.98 Å². The normalized spacial score (nSPS) is 11.4. The van der Waals surface area contributed by atoms with Crippen molar-refractivity contribution in [3.05, 3.63) is 65.5 Å². The summed E-state index contributed by atoms with van der Waals surface area (Å²) in [6.07, 6.45) is 0. The Morgan fingerprint density at radius 3 is 2.41 bits per heavy atom. The maximum atomic E-state index is 10.9. The summed E-state index contributed by atoms with van der Waals surface area (Å²) in [6, 6.07) is 16.6. The first kappa shape index (κ1) is 22.0. The van der Waals surface area contributed by atoms with Gasteiger partial charge in [0.1, 0.15) is 10.6 Å². The molecule has 2 heterocycles. The number of benzene rings is 2. The Hall–Kier alpha value is -3.25. The number of aliphatic hydroxyl groups excluding tert-OH is 1. The number of nitrogens with zero attached hydrogens (tertiary/aromatic N) is 2. The fourth-order valence-electron chi connectivity index (χ4n) is 3.17. The van der Waals surface area contributed by atoms with Crippen molar-refractivity contribution >= 4 is 49.3 Å². The molecule has 0 aliphatic heterocycles. The molecule has 166 valence electrons. The average Bonchev–Trinajstić information content (AvgIpc) is 3.21. The van der Waals surface area contributed by atoms with Gasteiger partial charge in [-0.15, -0.1) is 11.3 Å². The SMILES string of the molecule is O=S(=O)(O)Nc1ccc(CNc2nc(NCCO)nc3scc(-c4ccccc4)c23)cc1. The summed E-state index contributed by atoms with van der Waals surface area (Å²) in [6.45, 7) is 0.736. The summed E-state index contributed by atoms with van der Waals surface area (Å²) in [5.41, 5.74) is 3.23. The maximum Gasteiger partial charge on any atom is 0.357 e. The molecule has 2 aromatic heterocycles. The van der Waals surface area contributed by atoms with Gasteiger partial charge in [0.25, 0.3) is 0 Å². The van der Waals surface area contributed by atoms with Gasteiger partial charge in [-0.1, -0.05) is 42.5 Å². The van der Waals surface area contributed by atoms with Crippen LogP contribution in [-0.4, -0.2) is 41.2 Å². The third kappa shape index (κ3) is 5.32. The number of hydrogen-bond donors (Lipinski definition) is 5. The van der Waals surface area contributed by atoms with E-state index in [-0.39, 0.29) is 12.3 Å². The van der Waals surface area contributed by atoms with Crippen LogP contribution in [0.25, 0.3) is 21.3 Å². The Kier molecular flexibility index (Phi) is 6.51. The summed E-state index contributed by atoms with van der Waals surface area (Å²) < 4.78 is 32.8. The fourth-order valence-corrected chi connectivity index (χ4v) is 4.55. The van der Waals surface area contributed by atoms with Crippen molar-refractivity contribution < 1.29 is 18.1 Å². The Bertz CT molecular complexity index is 1310. The van der Waals surface area contributed by atoms with E-state index in [0.29, 0.717) is 24.9 Å². The molecule has 0 radical (unpaired) electrons.